The Morgan fingerprint density at radius 1 is 1.12 bits per heavy atom. The number of anilines is 2. The van der Waals surface area contributed by atoms with Crippen molar-refractivity contribution in [3.8, 4) is 11.4 Å². The van der Waals surface area contributed by atoms with Gasteiger partial charge in [-0.15, -0.1) is 0 Å². The van der Waals surface area contributed by atoms with Crippen LogP contribution in [0.15, 0.2) is 47.6 Å². The number of alkyl halides is 3. The van der Waals surface area contributed by atoms with Crippen LogP contribution in [0.4, 0.5) is 24.8 Å². The molecule has 0 spiro atoms. The molecule has 32 heavy (non-hydrogen) atoms. The van der Waals surface area contributed by atoms with Crippen LogP contribution in [0.2, 0.25) is 0 Å². The van der Waals surface area contributed by atoms with Crippen molar-refractivity contribution in [3.63, 3.8) is 0 Å². The minimum atomic E-state index is -4.64. The van der Waals surface area contributed by atoms with Crippen molar-refractivity contribution in [2.75, 3.05) is 11.9 Å². The number of halogens is 3. The maximum atomic E-state index is 12.3. The molecule has 3 aromatic rings. The van der Waals surface area contributed by atoms with Gasteiger partial charge in [0.05, 0.1) is 22.5 Å². The number of nitrogens with zero attached hydrogens (tertiary/aromatic N) is 4. The highest BCUT2D eigenvalue weighted by Gasteiger charge is 2.30. The fourth-order valence-electron chi connectivity index (χ4n) is 3.13. The van der Waals surface area contributed by atoms with Gasteiger partial charge in [-0.2, -0.15) is 13.2 Å². The number of hydrogen-bond acceptors (Lipinski definition) is 6. The van der Waals surface area contributed by atoms with Gasteiger partial charge in [0.15, 0.2) is 0 Å². The van der Waals surface area contributed by atoms with Gasteiger partial charge in [-0.3, -0.25) is 0 Å². The summed E-state index contributed by atoms with van der Waals surface area (Å²) in [5.74, 6) is 1.88. The van der Waals surface area contributed by atoms with E-state index in [9.17, 15) is 21.6 Å². The standard InChI is InChI=1S/C20H21F3N6O2S/c1-13-25-10-18(29(13)11-14-2-3-14)17-8-9-24-19(28-17)27-15-4-6-16(7-5-15)32(30,31)26-12-20(21,22)23/h4-10,14,26H,2-3,11-12H2,1H3,(H,24,27,28). The summed E-state index contributed by atoms with van der Waals surface area (Å²) in [5, 5.41) is 2.98. The van der Waals surface area contributed by atoms with Gasteiger partial charge in [0.1, 0.15) is 12.4 Å². The number of imidazole rings is 1. The normalized spacial score (nSPS) is 14.5. The van der Waals surface area contributed by atoms with E-state index in [0.29, 0.717) is 23.2 Å². The van der Waals surface area contributed by atoms with Crippen molar-refractivity contribution in [2.24, 2.45) is 5.92 Å². The van der Waals surface area contributed by atoms with Crippen LogP contribution in [0.1, 0.15) is 18.7 Å². The zero-order chi connectivity index (χ0) is 22.9. The maximum absolute atomic E-state index is 12.3. The number of sulfonamides is 1. The van der Waals surface area contributed by atoms with Crippen LogP contribution >= 0.6 is 0 Å². The van der Waals surface area contributed by atoms with Gasteiger partial charge in [0.25, 0.3) is 0 Å². The summed E-state index contributed by atoms with van der Waals surface area (Å²) in [6.45, 7) is 1.21. The topological polar surface area (TPSA) is 102 Å². The van der Waals surface area contributed by atoms with E-state index in [0.717, 1.165) is 18.1 Å². The Hall–Kier alpha value is -2.99. The predicted octanol–water partition coefficient (Wildman–Crippen LogP) is 3.64. The van der Waals surface area contributed by atoms with Gasteiger partial charge in [0.2, 0.25) is 16.0 Å². The fourth-order valence-corrected chi connectivity index (χ4v) is 4.14. The smallest absolute Gasteiger partial charge is 0.327 e. The number of nitrogens with one attached hydrogen (secondary N) is 2. The molecule has 0 saturated heterocycles. The summed E-state index contributed by atoms with van der Waals surface area (Å²) in [5.41, 5.74) is 2.07. The van der Waals surface area contributed by atoms with E-state index < -0.39 is 22.7 Å². The molecule has 2 heterocycles. The highest BCUT2D eigenvalue weighted by molar-refractivity contribution is 7.89. The molecule has 0 atom stereocenters. The van der Waals surface area contributed by atoms with E-state index in [1.807, 2.05) is 6.92 Å². The zero-order valence-electron chi connectivity index (χ0n) is 17.1. The second-order valence-corrected chi connectivity index (χ2v) is 9.37. The van der Waals surface area contributed by atoms with E-state index in [1.165, 1.54) is 41.8 Å². The van der Waals surface area contributed by atoms with E-state index in [4.69, 9.17) is 0 Å². The van der Waals surface area contributed by atoms with Crippen molar-refractivity contribution < 1.29 is 21.6 Å². The first-order valence-electron chi connectivity index (χ1n) is 9.90. The Balaban J connectivity index is 1.49. The molecule has 2 aromatic heterocycles. The molecule has 0 amide bonds. The Morgan fingerprint density at radius 3 is 2.50 bits per heavy atom. The molecule has 4 rings (SSSR count). The third-order valence-corrected chi connectivity index (χ3v) is 6.41. The van der Waals surface area contributed by atoms with Crippen LogP contribution < -0.4 is 10.0 Å². The van der Waals surface area contributed by atoms with Gasteiger partial charge >= 0.3 is 6.18 Å². The molecule has 1 fully saturated rings. The second kappa shape index (κ2) is 8.51. The van der Waals surface area contributed by atoms with Crippen molar-refractivity contribution in [2.45, 2.75) is 37.4 Å². The largest absolute Gasteiger partial charge is 0.402 e. The van der Waals surface area contributed by atoms with Crippen molar-refractivity contribution in [1.82, 2.24) is 24.2 Å². The zero-order valence-corrected chi connectivity index (χ0v) is 17.9. The van der Waals surface area contributed by atoms with Gasteiger partial charge in [0, 0.05) is 18.4 Å². The summed E-state index contributed by atoms with van der Waals surface area (Å²) >= 11 is 0. The molecule has 2 N–H and O–H groups in total. The summed E-state index contributed by atoms with van der Waals surface area (Å²) in [6, 6.07) is 7.06. The lowest BCUT2D eigenvalue weighted by Crippen LogP contribution is -2.33. The number of aryl methyl sites for hydroxylation is 1. The average Bonchev–Trinajstić information content (AvgIpc) is 3.49. The quantitative estimate of drug-likeness (QED) is 0.526. The van der Waals surface area contributed by atoms with Crippen LogP contribution in [0.25, 0.3) is 11.4 Å². The molecule has 1 aliphatic rings. The summed E-state index contributed by atoms with van der Waals surface area (Å²) < 4.78 is 64.6. The Bertz CT molecular complexity index is 1200. The summed E-state index contributed by atoms with van der Waals surface area (Å²) in [6.07, 6.45) is 1.17. The Morgan fingerprint density at radius 2 is 1.84 bits per heavy atom. The third-order valence-electron chi connectivity index (χ3n) is 4.99. The van der Waals surface area contributed by atoms with Crippen molar-refractivity contribution >= 4 is 21.7 Å². The van der Waals surface area contributed by atoms with E-state index in [2.05, 4.69) is 24.8 Å². The van der Waals surface area contributed by atoms with Crippen LogP contribution in [-0.4, -0.2) is 40.7 Å². The molecule has 0 unspecified atom stereocenters. The van der Waals surface area contributed by atoms with Gasteiger partial charge < -0.3 is 9.88 Å². The highest BCUT2D eigenvalue weighted by Crippen LogP contribution is 2.33. The van der Waals surface area contributed by atoms with Gasteiger partial charge in [-0.25, -0.2) is 28.1 Å². The molecule has 1 aromatic carbocycles. The number of hydrogen-bond donors (Lipinski definition) is 2. The van der Waals surface area contributed by atoms with Crippen LogP contribution in [0.5, 0.6) is 0 Å². The molecule has 0 radical (unpaired) electrons. The molecule has 0 bridgehead atoms. The minimum Gasteiger partial charge on any atom is -0.327 e. The fraction of sp³-hybridized carbons (Fsp3) is 0.350. The van der Waals surface area contributed by atoms with E-state index >= 15 is 0 Å². The second-order valence-electron chi connectivity index (χ2n) is 7.60. The first-order valence-corrected chi connectivity index (χ1v) is 11.4. The number of aromatic nitrogens is 4. The lowest BCUT2D eigenvalue weighted by molar-refractivity contribution is -0.121. The highest BCUT2D eigenvalue weighted by atomic mass is 32.2. The molecular formula is C20H21F3N6O2S. The van der Waals surface area contributed by atoms with Crippen LogP contribution in [0, 0.1) is 12.8 Å². The molecule has 0 aliphatic heterocycles. The van der Waals surface area contributed by atoms with Crippen molar-refractivity contribution in [1.29, 1.82) is 0 Å². The maximum Gasteiger partial charge on any atom is 0.402 e. The predicted molar refractivity (Wildman–Crippen MR) is 112 cm³/mol. The number of rotatable bonds is 8. The van der Waals surface area contributed by atoms with Gasteiger partial charge in [-0.1, -0.05) is 0 Å². The van der Waals surface area contributed by atoms with Crippen molar-refractivity contribution in [3.05, 3.63) is 48.5 Å². The summed E-state index contributed by atoms with van der Waals surface area (Å²) in [4.78, 5) is 12.8. The Labute approximate surface area is 183 Å². The first-order chi connectivity index (χ1) is 15.1. The molecule has 12 heteroatoms. The van der Waals surface area contributed by atoms with Crippen LogP contribution in [-0.2, 0) is 16.6 Å². The summed E-state index contributed by atoms with van der Waals surface area (Å²) in [7, 11) is -4.27. The van der Waals surface area contributed by atoms with Crippen LogP contribution in [0.3, 0.4) is 0 Å². The first kappa shape index (κ1) is 22.2. The lowest BCUT2D eigenvalue weighted by Gasteiger charge is -2.11. The molecule has 170 valence electrons. The lowest BCUT2D eigenvalue weighted by atomic mass is 10.3. The molecule has 1 saturated carbocycles. The SMILES string of the molecule is Cc1ncc(-c2ccnc(Nc3ccc(S(=O)(=O)NCC(F)(F)F)cc3)n2)n1CC1CC1. The average molecular weight is 466 g/mol. The minimum absolute atomic E-state index is 0.276. The monoisotopic (exact) mass is 466 g/mol. The van der Waals surface area contributed by atoms with E-state index in [1.54, 1.807) is 18.5 Å². The Kier molecular flexibility index (Phi) is 5.91. The third kappa shape index (κ3) is 5.43. The van der Waals surface area contributed by atoms with Gasteiger partial charge in [-0.05, 0) is 56.0 Å². The number of benzene rings is 1. The molecule has 1 aliphatic carbocycles. The molecule has 8 nitrogen and oxygen atoms in total. The molecular weight excluding hydrogens is 445 g/mol. The van der Waals surface area contributed by atoms with E-state index in [-0.39, 0.29) is 4.90 Å².